The van der Waals surface area contributed by atoms with Crippen molar-refractivity contribution in [2.75, 3.05) is 23.9 Å². The van der Waals surface area contributed by atoms with E-state index in [4.69, 9.17) is 9.84 Å². The molecule has 4 saturated carbocycles. The Balaban J connectivity index is 0.951. The van der Waals surface area contributed by atoms with Crippen LogP contribution >= 0.6 is 11.3 Å². The molecule has 1 amide bonds. The van der Waals surface area contributed by atoms with Crippen LogP contribution in [0.25, 0.3) is 21.3 Å². The standard InChI is InChI=1S/C38H38N6O4S/c1-48-38-16-23-13-24(17-38)15-37(14-23,21-38)22-44-19-26(18-39-44)27-9-10-32(41-33(27)35(46)47)43-12-11-25-5-4-6-28(29(25)20-43)34(45)42-36-40-30-7-2-3-8-31(30)49-36/h2-10,18-19,23-24H,11-17,20-22H2,1H3,(H,46,47)(H,40,42,45). The fourth-order valence-corrected chi connectivity index (χ4v) is 10.7. The number of aromatic carboxylic acids is 1. The molecule has 4 fully saturated rings. The number of carbonyl (C=O) groups is 2. The zero-order valence-corrected chi connectivity index (χ0v) is 28.2. The first-order chi connectivity index (χ1) is 23.8. The van der Waals surface area contributed by atoms with Crippen molar-refractivity contribution in [2.24, 2.45) is 17.3 Å². The minimum atomic E-state index is -1.08. The Morgan fingerprint density at radius 3 is 2.67 bits per heavy atom. The van der Waals surface area contributed by atoms with Gasteiger partial charge in [-0.25, -0.2) is 14.8 Å². The number of hydrogen-bond acceptors (Lipinski definition) is 8. The molecule has 250 valence electrons. The van der Waals surface area contributed by atoms with E-state index < -0.39 is 5.97 Å². The number of benzene rings is 2. The third kappa shape index (κ3) is 5.39. The van der Waals surface area contributed by atoms with Crippen LogP contribution in [0.5, 0.6) is 0 Å². The fraction of sp³-hybridized carbons (Fsp3) is 0.395. The third-order valence-corrected chi connectivity index (χ3v) is 12.4. The summed E-state index contributed by atoms with van der Waals surface area (Å²) in [7, 11) is 1.88. The number of methoxy groups -OCH3 is 1. The highest BCUT2D eigenvalue weighted by atomic mass is 32.1. The van der Waals surface area contributed by atoms with Crippen molar-refractivity contribution in [3.05, 3.63) is 89.4 Å². The molecule has 4 heterocycles. The Kier molecular flexibility index (Phi) is 7.14. The highest BCUT2D eigenvalue weighted by Crippen LogP contribution is 2.63. The predicted molar refractivity (Wildman–Crippen MR) is 188 cm³/mol. The number of nitrogens with one attached hydrogen (secondary N) is 1. The number of rotatable bonds is 8. The van der Waals surface area contributed by atoms with Crippen molar-refractivity contribution in [1.82, 2.24) is 19.7 Å². The zero-order valence-electron chi connectivity index (χ0n) is 27.4. The van der Waals surface area contributed by atoms with E-state index in [1.807, 2.05) is 66.5 Å². The van der Waals surface area contributed by atoms with Gasteiger partial charge in [-0.2, -0.15) is 5.10 Å². The van der Waals surface area contributed by atoms with E-state index in [1.54, 1.807) is 6.20 Å². The molecule has 2 unspecified atom stereocenters. The average molecular weight is 675 g/mol. The molecule has 0 spiro atoms. The average Bonchev–Trinajstić information content (AvgIpc) is 3.73. The Hall–Kier alpha value is -4.61. The summed E-state index contributed by atoms with van der Waals surface area (Å²) in [6.07, 6.45) is 11.6. The van der Waals surface area contributed by atoms with Crippen LogP contribution in [0.3, 0.4) is 0 Å². The number of thiazole rings is 1. The van der Waals surface area contributed by atoms with Crippen molar-refractivity contribution in [2.45, 2.75) is 63.6 Å². The van der Waals surface area contributed by atoms with E-state index >= 15 is 0 Å². The first-order valence-electron chi connectivity index (χ1n) is 17.1. The lowest BCUT2D eigenvalue weighted by molar-refractivity contribution is -0.184. The molecule has 10 rings (SSSR count). The van der Waals surface area contributed by atoms with E-state index in [2.05, 4.69) is 26.3 Å². The molecule has 2 N–H and O–H groups in total. The van der Waals surface area contributed by atoms with Gasteiger partial charge in [0.1, 0.15) is 5.82 Å². The number of carboxylic acids is 1. The van der Waals surface area contributed by atoms with Gasteiger partial charge in [-0.05, 0) is 104 Å². The number of fused-ring (bicyclic) bond motifs is 2. The van der Waals surface area contributed by atoms with Crippen molar-refractivity contribution >= 4 is 44.4 Å². The number of para-hydroxylation sites is 1. The summed E-state index contributed by atoms with van der Waals surface area (Å²) >= 11 is 1.44. The van der Waals surface area contributed by atoms with Crippen LogP contribution in [0.1, 0.15) is 70.5 Å². The number of aromatic nitrogens is 4. The number of pyridine rings is 1. The maximum Gasteiger partial charge on any atom is 0.355 e. The highest BCUT2D eigenvalue weighted by Gasteiger charge is 2.58. The predicted octanol–water partition coefficient (Wildman–Crippen LogP) is 7.05. The summed E-state index contributed by atoms with van der Waals surface area (Å²) in [4.78, 5) is 37.4. The molecule has 0 radical (unpaired) electrons. The van der Waals surface area contributed by atoms with Crippen LogP contribution in [-0.4, -0.2) is 56.0 Å². The molecule has 0 saturated heterocycles. The number of anilines is 2. The summed E-state index contributed by atoms with van der Waals surface area (Å²) in [6.45, 7) is 1.92. The van der Waals surface area contributed by atoms with Crippen LogP contribution in [-0.2, 0) is 24.2 Å². The molecule has 2 aromatic carbocycles. The lowest BCUT2D eigenvalue weighted by Crippen LogP contribution is -2.57. The molecule has 5 aromatic rings. The molecule has 2 atom stereocenters. The van der Waals surface area contributed by atoms with Crippen LogP contribution in [0, 0.1) is 17.3 Å². The summed E-state index contributed by atoms with van der Waals surface area (Å²) in [5, 5.41) is 18.6. The molecule has 1 aliphatic heterocycles. The SMILES string of the molecule is COC12CC3CC(CC(Cn4cc(-c5ccc(N6CCc7cccc(C(=O)Nc8nc9ccccc9s8)c7C6)nc5C(=O)O)cn4)(C3)C1)C2. The lowest BCUT2D eigenvalue weighted by atomic mass is 9.48. The van der Waals surface area contributed by atoms with E-state index in [1.165, 1.54) is 43.4 Å². The van der Waals surface area contributed by atoms with Gasteiger partial charge >= 0.3 is 5.97 Å². The van der Waals surface area contributed by atoms with Crippen molar-refractivity contribution < 1.29 is 19.4 Å². The minimum Gasteiger partial charge on any atom is -0.476 e. The van der Waals surface area contributed by atoms with Crippen molar-refractivity contribution in [1.29, 1.82) is 0 Å². The molecular weight excluding hydrogens is 637 g/mol. The third-order valence-electron chi connectivity index (χ3n) is 11.4. The van der Waals surface area contributed by atoms with Gasteiger partial charge in [-0.1, -0.05) is 35.6 Å². The molecule has 11 heteroatoms. The van der Waals surface area contributed by atoms with E-state index in [0.29, 0.717) is 41.6 Å². The summed E-state index contributed by atoms with van der Waals surface area (Å²) in [5.41, 5.74) is 4.93. The van der Waals surface area contributed by atoms with Gasteiger partial charge in [-0.3, -0.25) is 14.8 Å². The number of nitrogens with zero attached hydrogens (tertiary/aromatic N) is 5. The van der Waals surface area contributed by atoms with E-state index in [0.717, 1.165) is 51.7 Å². The monoisotopic (exact) mass is 674 g/mol. The molecule has 10 nitrogen and oxygen atoms in total. The number of amides is 1. The molecule has 4 aliphatic carbocycles. The van der Waals surface area contributed by atoms with E-state index in [9.17, 15) is 14.7 Å². The normalized spacial score (nSPS) is 25.4. The second-order valence-electron chi connectivity index (χ2n) is 14.7. The van der Waals surface area contributed by atoms with Gasteiger partial charge in [0.25, 0.3) is 5.91 Å². The minimum absolute atomic E-state index is 0.00199. The first kappa shape index (κ1) is 30.4. The second kappa shape index (κ2) is 11.5. The molecule has 3 aromatic heterocycles. The van der Waals surface area contributed by atoms with Gasteiger partial charge in [0, 0.05) is 49.6 Å². The van der Waals surface area contributed by atoms with Crippen molar-refractivity contribution in [3.8, 4) is 11.1 Å². The van der Waals surface area contributed by atoms with Gasteiger partial charge in [0.05, 0.1) is 22.0 Å². The Bertz CT molecular complexity index is 2070. The summed E-state index contributed by atoms with van der Waals surface area (Å²) in [5.74, 6) is 0.713. The second-order valence-corrected chi connectivity index (χ2v) is 15.7. The lowest BCUT2D eigenvalue weighted by Gasteiger charge is -2.61. The van der Waals surface area contributed by atoms with Gasteiger partial charge in [-0.15, -0.1) is 0 Å². The van der Waals surface area contributed by atoms with Crippen LogP contribution in [0.2, 0.25) is 0 Å². The summed E-state index contributed by atoms with van der Waals surface area (Å²) in [6, 6.07) is 17.3. The zero-order chi connectivity index (χ0) is 33.3. The number of carbonyl (C=O) groups excluding carboxylic acids is 1. The smallest absolute Gasteiger partial charge is 0.355 e. The van der Waals surface area contributed by atoms with Crippen LogP contribution < -0.4 is 10.2 Å². The van der Waals surface area contributed by atoms with Crippen molar-refractivity contribution in [3.63, 3.8) is 0 Å². The Morgan fingerprint density at radius 1 is 1.04 bits per heavy atom. The van der Waals surface area contributed by atoms with E-state index in [-0.39, 0.29) is 22.6 Å². The molecule has 49 heavy (non-hydrogen) atoms. The Morgan fingerprint density at radius 2 is 1.88 bits per heavy atom. The molecule has 4 bridgehead atoms. The summed E-state index contributed by atoms with van der Waals surface area (Å²) < 4.78 is 9.15. The fourth-order valence-electron chi connectivity index (χ4n) is 9.82. The van der Waals surface area contributed by atoms with Gasteiger partial charge in [0.15, 0.2) is 10.8 Å². The quantitative estimate of drug-likeness (QED) is 0.180. The molecule has 5 aliphatic rings. The largest absolute Gasteiger partial charge is 0.476 e. The number of hydrogen-bond donors (Lipinski definition) is 2. The van der Waals surface area contributed by atoms with Crippen LogP contribution in [0.4, 0.5) is 10.9 Å². The number of carboxylic acid groups (broad SMARTS) is 1. The van der Waals surface area contributed by atoms with Gasteiger partial charge in [0.2, 0.25) is 0 Å². The highest BCUT2D eigenvalue weighted by molar-refractivity contribution is 7.22. The first-order valence-corrected chi connectivity index (χ1v) is 17.9. The number of ether oxygens (including phenoxy) is 1. The van der Waals surface area contributed by atoms with Gasteiger partial charge < -0.3 is 14.7 Å². The Labute approximate surface area is 288 Å². The topological polar surface area (TPSA) is 122 Å². The maximum atomic E-state index is 13.5. The maximum absolute atomic E-state index is 13.5. The molecular formula is C38H38N6O4S. The van der Waals surface area contributed by atoms with Crippen LogP contribution in [0.15, 0.2) is 67.0 Å².